The van der Waals surface area contributed by atoms with Gasteiger partial charge in [-0.05, 0) is 106 Å². The molecule has 6 nitrogen and oxygen atoms in total. The number of furan rings is 2. The molecule has 0 radical (unpaired) electrons. The van der Waals surface area contributed by atoms with E-state index < -0.39 is 0 Å². The van der Waals surface area contributed by atoms with Crippen molar-refractivity contribution >= 4 is 65.7 Å². The second-order valence-corrected chi connectivity index (χ2v) is 17.6. The summed E-state index contributed by atoms with van der Waals surface area (Å²) < 4.78 is 15.5. The van der Waals surface area contributed by atoms with Crippen LogP contribution in [0.3, 0.4) is 0 Å². The Labute approximate surface area is 396 Å². The van der Waals surface area contributed by atoms with E-state index >= 15 is 0 Å². The first-order valence-corrected chi connectivity index (χ1v) is 23.1. The van der Waals surface area contributed by atoms with Gasteiger partial charge in [0.1, 0.15) is 22.3 Å². The molecule has 0 atom stereocenters. The van der Waals surface area contributed by atoms with Crippen LogP contribution in [0.4, 0.5) is 0 Å². The van der Waals surface area contributed by atoms with Gasteiger partial charge >= 0.3 is 0 Å². The average Bonchev–Trinajstić information content (AvgIpc) is 4.09. The minimum absolute atomic E-state index is 0.577. The first-order valence-electron chi connectivity index (χ1n) is 23.1. The number of fused-ring (bicyclic) bond motifs is 9. The maximum Gasteiger partial charge on any atom is 0.164 e. The predicted molar refractivity (Wildman–Crippen MR) is 281 cm³/mol. The van der Waals surface area contributed by atoms with Crippen molar-refractivity contribution in [3.05, 3.63) is 231 Å². The molecule has 6 heteroatoms. The van der Waals surface area contributed by atoms with E-state index in [2.05, 4.69) is 193 Å². The van der Waals surface area contributed by atoms with Crippen molar-refractivity contribution in [2.24, 2.45) is 0 Å². The van der Waals surface area contributed by atoms with Gasteiger partial charge in [0.2, 0.25) is 0 Å². The molecule has 14 rings (SSSR count). The van der Waals surface area contributed by atoms with Gasteiger partial charge in [-0.25, -0.2) is 15.0 Å². The highest BCUT2D eigenvalue weighted by Crippen LogP contribution is 2.40. The summed E-state index contributed by atoms with van der Waals surface area (Å²) in [5, 5.41) is 6.66. The van der Waals surface area contributed by atoms with Crippen LogP contribution in [0.15, 0.2) is 239 Å². The van der Waals surface area contributed by atoms with Crippen LogP contribution in [0, 0.1) is 0 Å². The number of hydrogen-bond donors (Lipinski definition) is 0. The molecule has 0 saturated heterocycles. The fourth-order valence-electron chi connectivity index (χ4n) is 10.0. The summed E-state index contributed by atoms with van der Waals surface area (Å²) in [6.07, 6.45) is 0. The van der Waals surface area contributed by atoms with Gasteiger partial charge in [0.15, 0.2) is 17.5 Å². The molecule has 10 aromatic carbocycles. The van der Waals surface area contributed by atoms with E-state index in [1.807, 2.05) is 42.5 Å². The molecule has 0 aliphatic rings. The van der Waals surface area contributed by atoms with Crippen molar-refractivity contribution < 1.29 is 8.83 Å². The smallest absolute Gasteiger partial charge is 0.164 e. The summed E-state index contributed by atoms with van der Waals surface area (Å²) in [6.45, 7) is 0. The molecule has 0 saturated carbocycles. The van der Waals surface area contributed by atoms with Crippen molar-refractivity contribution in [1.29, 1.82) is 0 Å². The quantitative estimate of drug-likeness (QED) is 0.159. The highest BCUT2D eigenvalue weighted by Gasteiger charge is 2.18. The van der Waals surface area contributed by atoms with E-state index in [1.54, 1.807) is 0 Å². The van der Waals surface area contributed by atoms with E-state index in [-0.39, 0.29) is 0 Å². The number of hydrogen-bond acceptors (Lipinski definition) is 5. The Bertz CT molecular complexity index is 4290. The number of benzene rings is 10. The lowest BCUT2D eigenvalue weighted by atomic mass is 10.0. The van der Waals surface area contributed by atoms with E-state index in [4.69, 9.17) is 23.8 Å². The molecule has 0 fully saturated rings. The molecule has 322 valence electrons. The summed E-state index contributed by atoms with van der Waals surface area (Å²) in [6, 6.07) is 80.5. The van der Waals surface area contributed by atoms with Gasteiger partial charge in [0, 0.05) is 54.7 Å². The lowest BCUT2D eigenvalue weighted by Crippen LogP contribution is -2.00. The molecular formula is C63H38N4O2. The molecule has 0 aliphatic heterocycles. The first-order chi connectivity index (χ1) is 34.1. The molecule has 4 heterocycles. The van der Waals surface area contributed by atoms with Crippen LogP contribution in [0.5, 0.6) is 0 Å². The summed E-state index contributed by atoms with van der Waals surface area (Å²) in [4.78, 5) is 15.0. The van der Waals surface area contributed by atoms with Gasteiger partial charge in [-0.15, -0.1) is 0 Å². The summed E-state index contributed by atoms with van der Waals surface area (Å²) in [7, 11) is 0. The predicted octanol–water partition coefficient (Wildman–Crippen LogP) is 16.8. The van der Waals surface area contributed by atoms with E-state index in [9.17, 15) is 0 Å². The highest BCUT2D eigenvalue weighted by molar-refractivity contribution is 6.12. The van der Waals surface area contributed by atoms with Gasteiger partial charge in [-0.3, -0.25) is 0 Å². The molecule has 69 heavy (non-hydrogen) atoms. The molecule has 0 amide bonds. The van der Waals surface area contributed by atoms with Crippen LogP contribution < -0.4 is 0 Å². The van der Waals surface area contributed by atoms with Gasteiger partial charge in [0.05, 0.1) is 11.0 Å². The molecule has 0 spiro atoms. The summed E-state index contributed by atoms with van der Waals surface area (Å²) in [5.41, 5.74) is 16.2. The number of rotatable bonds is 7. The van der Waals surface area contributed by atoms with Crippen LogP contribution in [0.2, 0.25) is 0 Å². The van der Waals surface area contributed by atoms with Gasteiger partial charge < -0.3 is 13.4 Å². The Morgan fingerprint density at radius 3 is 1.36 bits per heavy atom. The van der Waals surface area contributed by atoms with Crippen LogP contribution in [0.25, 0.3) is 139 Å². The van der Waals surface area contributed by atoms with Crippen LogP contribution in [-0.2, 0) is 0 Å². The minimum Gasteiger partial charge on any atom is -0.456 e. The SMILES string of the molecule is c1ccc(-c2ccc(-c3nc(-c4ccccc4)nc(-c4ccc5c(c4)oc4ccc(-c6ccc7c(c6)oc6ccc(-n8c9ccccc9c9cc(-c%10ccccc%10)ccc98)cc67)cc45)n3)cc2)cc1. The zero-order valence-electron chi connectivity index (χ0n) is 37.0. The molecule has 0 bridgehead atoms. The first kappa shape index (κ1) is 38.8. The third-order valence-corrected chi connectivity index (χ3v) is 13.5. The van der Waals surface area contributed by atoms with Crippen molar-refractivity contribution in [3.63, 3.8) is 0 Å². The minimum atomic E-state index is 0.577. The Morgan fingerprint density at radius 2 is 0.667 bits per heavy atom. The Balaban J connectivity index is 0.807. The largest absolute Gasteiger partial charge is 0.456 e. The molecule has 14 aromatic rings. The average molecular weight is 883 g/mol. The zero-order valence-corrected chi connectivity index (χ0v) is 37.0. The Hall–Kier alpha value is -9.39. The fourth-order valence-corrected chi connectivity index (χ4v) is 10.0. The van der Waals surface area contributed by atoms with E-state index in [0.29, 0.717) is 17.5 Å². The van der Waals surface area contributed by atoms with Gasteiger partial charge in [-0.2, -0.15) is 0 Å². The summed E-state index contributed by atoms with van der Waals surface area (Å²) >= 11 is 0. The summed E-state index contributed by atoms with van der Waals surface area (Å²) in [5.74, 6) is 1.79. The molecular weight excluding hydrogens is 845 g/mol. The highest BCUT2D eigenvalue weighted by atomic mass is 16.3. The van der Waals surface area contributed by atoms with Crippen molar-refractivity contribution in [2.75, 3.05) is 0 Å². The van der Waals surface area contributed by atoms with E-state index in [0.717, 1.165) is 88.5 Å². The maximum absolute atomic E-state index is 6.58. The van der Waals surface area contributed by atoms with E-state index in [1.165, 1.54) is 32.9 Å². The van der Waals surface area contributed by atoms with Crippen LogP contribution >= 0.6 is 0 Å². The molecule has 0 N–H and O–H groups in total. The maximum atomic E-state index is 6.58. The number of para-hydroxylation sites is 1. The van der Waals surface area contributed by atoms with Gasteiger partial charge in [-0.1, -0.05) is 158 Å². The second-order valence-electron chi connectivity index (χ2n) is 17.6. The van der Waals surface area contributed by atoms with Crippen molar-refractivity contribution in [3.8, 4) is 73.2 Å². The fraction of sp³-hybridized carbons (Fsp3) is 0. The lowest BCUT2D eigenvalue weighted by molar-refractivity contribution is 0.669. The van der Waals surface area contributed by atoms with Crippen LogP contribution in [0.1, 0.15) is 0 Å². The van der Waals surface area contributed by atoms with Crippen molar-refractivity contribution in [1.82, 2.24) is 19.5 Å². The third kappa shape index (κ3) is 6.61. The zero-order chi connectivity index (χ0) is 45.4. The molecule has 0 aliphatic carbocycles. The molecule has 4 aromatic heterocycles. The Morgan fingerprint density at radius 1 is 0.246 bits per heavy atom. The van der Waals surface area contributed by atoms with Gasteiger partial charge in [0.25, 0.3) is 0 Å². The Kier molecular flexibility index (Phi) is 8.79. The number of nitrogens with zero attached hydrogens (tertiary/aromatic N) is 4. The third-order valence-electron chi connectivity index (χ3n) is 13.5. The van der Waals surface area contributed by atoms with Crippen molar-refractivity contribution in [2.45, 2.75) is 0 Å². The van der Waals surface area contributed by atoms with Crippen LogP contribution in [-0.4, -0.2) is 19.5 Å². The number of aromatic nitrogens is 4. The normalized spacial score (nSPS) is 11.8. The standard InChI is InChI=1S/C63H38N4O2/c1-4-12-39(13-5-1)41-20-22-43(23-21-41)62-64-61(42-16-8-3-9-17-42)65-63(66-62)47-25-30-50-53-35-45(27-32-57(53)68-60(50)37-47)46-24-29-51-54-38-48(28-33-58(54)69-59(51)36-46)67-55-19-11-10-18-49(55)52-34-44(26-31-56(52)67)40-14-6-2-7-15-40/h1-38H. The monoisotopic (exact) mass is 882 g/mol. The lowest BCUT2D eigenvalue weighted by Gasteiger charge is -2.09. The topological polar surface area (TPSA) is 69.9 Å². The second kappa shape index (κ2) is 15.6. The molecule has 0 unspecified atom stereocenters.